The van der Waals surface area contributed by atoms with Gasteiger partial charge in [-0.2, -0.15) is 0 Å². The smallest absolute Gasteiger partial charge is 0.300 e. The molecule has 5 heteroatoms. The van der Waals surface area contributed by atoms with Crippen molar-refractivity contribution in [1.82, 2.24) is 5.32 Å². The Morgan fingerprint density at radius 3 is 2.13 bits per heavy atom. The summed E-state index contributed by atoms with van der Waals surface area (Å²) in [5, 5.41) is 10.0. The molecule has 1 aliphatic heterocycles. The highest BCUT2D eigenvalue weighted by atomic mass is 16.5. The van der Waals surface area contributed by atoms with E-state index in [9.17, 15) is 4.79 Å². The van der Waals surface area contributed by atoms with Gasteiger partial charge in [-0.1, -0.05) is 13.8 Å². The number of hydrogen-bond donors (Lipinski definition) is 2. The summed E-state index contributed by atoms with van der Waals surface area (Å²) in [6, 6.07) is 0. The van der Waals surface area contributed by atoms with Crippen molar-refractivity contribution >= 4 is 11.9 Å². The minimum Gasteiger partial charge on any atom is -0.481 e. The first-order valence-electron chi connectivity index (χ1n) is 5.06. The van der Waals surface area contributed by atoms with Crippen LogP contribution in [0.1, 0.15) is 27.2 Å². The first-order chi connectivity index (χ1) is 7.07. The van der Waals surface area contributed by atoms with Gasteiger partial charge in [0.05, 0.1) is 12.5 Å². The van der Waals surface area contributed by atoms with E-state index in [1.165, 1.54) is 0 Å². The molecule has 2 N–H and O–H groups in total. The van der Waals surface area contributed by atoms with Gasteiger partial charge >= 0.3 is 0 Å². The molecule has 1 aliphatic rings. The lowest BCUT2D eigenvalue weighted by Crippen LogP contribution is -2.27. The molecule has 1 fully saturated rings. The predicted molar refractivity (Wildman–Crippen MR) is 57.7 cm³/mol. The SMILES string of the molecule is CC.CC(=O)O.CNC(=O)[C@@H]1CCOC1. The van der Waals surface area contributed by atoms with Gasteiger partial charge in [0.1, 0.15) is 0 Å². The zero-order chi connectivity index (χ0) is 12.3. The van der Waals surface area contributed by atoms with Crippen LogP contribution in [0.4, 0.5) is 0 Å². The lowest BCUT2D eigenvalue weighted by Gasteiger charge is -2.02. The Kier molecular flexibility index (Phi) is 12.0. The minimum absolute atomic E-state index is 0.104. The highest BCUT2D eigenvalue weighted by molar-refractivity contribution is 5.78. The maximum Gasteiger partial charge on any atom is 0.300 e. The van der Waals surface area contributed by atoms with Crippen molar-refractivity contribution in [1.29, 1.82) is 0 Å². The number of carbonyl (C=O) groups is 2. The summed E-state index contributed by atoms with van der Waals surface area (Å²) in [4.78, 5) is 19.8. The molecule has 0 spiro atoms. The summed E-state index contributed by atoms with van der Waals surface area (Å²) < 4.78 is 5.02. The van der Waals surface area contributed by atoms with Crippen LogP contribution in [0.15, 0.2) is 0 Å². The number of carbonyl (C=O) groups excluding carboxylic acids is 1. The van der Waals surface area contributed by atoms with Gasteiger partial charge in [0, 0.05) is 20.6 Å². The summed E-state index contributed by atoms with van der Waals surface area (Å²) in [6.45, 7) is 6.41. The fourth-order valence-electron chi connectivity index (χ4n) is 0.945. The lowest BCUT2D eigenvalue weighted by molar-refractivity contribution is -0.134. The Labute approximate surface area is 90.8 Å². The molecule has 1 amide bonds. The molecule has 0 aromatic rings. The van der Waals surface area contributed by atoms with Crippen molar-refractivity contribution in [3.63, 3.8) is 0 Å². The molecular weight excluding hydrogens is 198 g/mol. The average Bonchev–Trinajstić information content (AvgIpc) is 2.72. The molecule has 0 bridgehead atoms. The minimum atomic E-state index is -0.833. The summed E-state index contributed by atoms with van der Waals surface area (Å²) in [5.41, 5.74) is 0. The van der Waals surface area contributed by atoms with Crippen LogP contribution in [0.5, 0.6) is 0 Å². The van der Waals surface area contributed by atoms with E-state index in [1.54, 1.807) is 7.05 Å². The van der Waals surface area contributed by atoms with Crippen LogP contribution in [0.3, 0.4) is 0 Å². The van der Waals surface area contributed by atoms with Gasteiger partial charge in [-0.3, -0.25) is 9.59 Å². The molecule has 0 aromatic carbocycles. The molecule has 0 aromatic heterocycles. The van der Waals surface area contributed by atoms with Crippen LogP contribution in [-0.2, 0) is 14.3 Å². The summed E-state index contributed by atoms with van der Waals surface area (Å²) in [7, 11) is 1.65. The van der Waals surface area contributed by atoms with Crippen molar-refractivity contribution in [3.05, 3.63) is 0 Å². The number of rotatable bonds is 1. The van der Waals surface area contributed by atoms with Crippen LogP contribution in [-0.4, -0.2) is 37.2 Å². The third-order valence-corrected chi connectivity index (χ3v) is 1.55. The zero-order valence-electron chi connectivity index (χ0n) is 9.87. The summed E-state index contributed by atoms with van der Waals surface area (Å²) in [6.07, 6.45) is 0.875. The van der Waals surface area contributed by atoms with Crippen LogP contribution in [0, 0.1) is 5.92 Å². The Morgan fingerprint density at radius 1 is 1.40 bits per heavy atom. The normalized spacial score (nSPS) is 17.7. The van der Waals surface area contributed by atoms with Crippen LogP contribution < -0.4 is 5.32 Å². The van der Waals surface area contributed by atoms with Crippen molar-refractivity contribution in [2.75, 3.05) is 20.3 Å². The summed E-state index contributed by atoms with van der Waals surface area (Å²) in [5.74, 6) is -0.623. The first-order valence-corrected chi connectivity index (χ1v) is 5.06. The zero-order valence-corrected chi connectivity index (χ0v) is 9.87. The highest BCUT2D eigenvalue weighted by Crippen LogP contribution is 2.11. The molecule has 0 saturated carbocycles. The third-order valence-electron chi connectivity index (χ3n) is 1.55. The van der Waals surface area contributed by atoms with E-state index in [0.29, 0.717) is 6.61 Å². The van der Waals surface area contributed by atoms with Gasteiger partial charge in [0.25, 0.3) is 5.97 Å². The first kappa shape index (κ1) is 16.3. The second-order valence-corrected chi connectivity index (χ2v) is 2.69. The number of nitrogens with one attached hydrogen (secondary N) is 1. The largest absolute Gasteiger partial charge is 0.481 e. The lowest BCUT2D eigenvalue weighted by atomic mass is 10.1. The number of hydrogen-bond acceptors (Lipinski definition) is 3. The van der Waals surface area contributed by atoms with Gasteiger partial charge in [-0.05, 0) is 6.42 Å². The molecule has 0 radical (unpaired) electrons. The molecular formula is C10H21NO4. The van der Waals surface area contributed by atoms with E-state index < -0.39 is 5.97 Å². The van der Waals surface area contributed by atoms with Crippen LogP contribution in [0.25, 0.3) is 0 Å². The molecule has 1 atom stereocenters. The molecule has 1 rings (SSSR count). The van der Waals surface area contributed by atoms with Gasteiger partial charge in [-0.25, -0.2) is 0 Å². The van der Waals surface area contributed by atoms with E-state index >= 15 is 0 Å². The number of carboxylic acids is 1. The molecule has 5 nitrogen and oxygen atoms in total. The highest BCUT2D eigenvalue weighted by Gasteiger charge is 2.21. The van der Waals surface area contributed by atoms with E-state index in [-0.39, 0.29) is 11.8 Å². The van der Waals surface area contributed by atoms with Crippen LogP contribution >= 0.6 is 0 Å². The van der Waals surface area contributed by atoms with Gasteiger partial charge in [-0.15, -0.1) is 0 Å². The van der Waals surface area contributed by atoms with Crippen LogP contribution in [0.2, 0.25) is 0 Å². The Morgan fingerprint density at radius 2 is 1.87 bits per heavy atom. The fraction of sp³-hybridized carbons (Fsp3) is 0.800. The number of ether oxygens (including phenoxy) is 1. The number of aliphatic carboxylic acids is 1. The summed E-state index contributed by atoms with van der Waals surface area (Å²) >= 11 is 0. The molecule has 1 heterocycles. The van der Waals surface area contributed by atoms with Gasteiger partial charge in [0.15, 0.2) is 0 Å². The Balaban J connectivity index is 0. The molecule has 0 aliphatic carbocycles. The maximum atomic E-state index is 10.8. The topological polar surface area (TPSA) is 75.6 Å². The molecule has 0 unspecified atom stereocenters. The van der Waals surface area contributed by atoms with Gasteiger partial charge in [0.2, 0.25) is 5.91 Å². The Bertz CT molecular complexity index is 172. The predicted octanol–water partition coefficient (Wildman–Crippen LogP) is 0.886. The second kappa shape index (κ2) is 11.0. The fourth-order valence-corrected chi connectivity index (χ4v) is 0.945. The monoisotopic (exact) mass is 219 g/mol. The second-order valence-electron chi connectivity index (χ2n) is 2.69. The molecule has 90 valence electrons. The Hall–Kier alpha value is -1.10. The van der Waals surface area contributed by atoms with E-state index in [4.69, 9.17) is 14.6 Å². The van der Waals surface area contributed by atoms with Crippen molar-refractivity contribution in [3.8, 4) is 0 Å². The number of amides is 1. The quantitative estimate of drug-likeness (QED) is 0.686. The van der Waals surface area contributed by atoms with Crippen molar-refractivity contribution in [2.45, 2.75) is 27.2 Å². The van der Waals surface area contributed by atoms with Crippen molar-refractivity contribution < 1.29 is 19.4 Å². The van der Waals surface area contributed by atoms with Crippen molar-refractivity contribution in [2.24, 2.45) is 5.92 Å². The standard InChI is InChI=1S/C6H11NO2.C2H4O2.C2H6/c1-7-6(8)5-2-3-9-4-5;1-2(3)4;1-2/h5H,2-4H2,1H3,(H,7,8);1H3,(H,3,4);1-2H3/t5-;;/m1../s1. The van der Waals surface area contributed by atoms with E-state index in [0.717, 1.165) is 20.0 Å². The number of carboxylic acid groups (broad SMARTS) is 1. The van der Waals surface area contributed by atoms with E-state index in [1.807, 2.05) is 13.8 Å². The average molecular weight is 219 g/mol. The maximum absolute atomic E-state index is 10.8. The third kappa shape index (κ3) is 10.8. The van der Waals surface area contributed by atoms with Gasteiger partial charge < -0.3 is 15.2 Å². The van der Waals surface area contributed by atoms with E-state index in [2.05, 4.69) is 5.32 Å². The molecule has 15 heavy (non-hydrogen) atoms. The molecule has 1 saturated heterocycles.